The molecule has 3 heterocycles. The van der Waals surface area contributed by atoms with E-state index < -0.39 is 0 Å². The number of benzene rings is 4. The smallest absolute Gasteiger partial charge is 0.164 e. The summed E-state index contributed by atoms with van der Waals surface area (Å²) in [4.78, 5) is 14.4. The van der Waals surface area contributed by atoms with Crippen molar-refractivity contribution in [2.45, 2.75) is 6.92 Å². The van der Waals surface area contributed by atoms with Crippen LogP contribution < -0.4 is 0 Å². The first-order chi connectivity index (χ1) is 16.3. The molecule has 5 heteroatoms. The maximum absolute atomic E-state index is 6.07. The van der Waals surface area contributed by atoms with E-state index in [0.717, 1.165) is 55.0 Å². The molecule has 3 aromatic heterocycles. The summed E-state index contributed by atoms with van der Waals surface area (Å²) < 4.78 is 12.1. The molecule has 0 radical (unpaired) electrons. The van der Waals surface area contributed by atoms with Gasteiger partial charge in [-0.3, -0.25) is 0 Å². The first-order valence-corrected chi connectivity index (χ1v) is 10.8. The number of nitrogens with zero attached hydrogens (tertiary/aromatic N) is 3. The van der Waals surface area contributed by atoms with E-state index in [4.69, 9.17) is 23.8 Å². The topological polar surface area (TPSA) is 65.0 Å². The second kappa shape index (κ2) is 6.74. The highest BCUT2D eigenvalue weighted by Gasteiger charge is 2.18. The molecule has 0 aliphatic carbocycles. The number of aromatic nitrogens is 3. The fourth-order valence-corrected chi connectivity index (χ4v) is 4.64. The second-order valence-corrected chi connectivity index (χ2v) is 8.08. The van der Waals surface area contributed by atoms with Crippen LogP contribution in [0, 0.1) is 6.92 Å². The summed E-state index contributed by atoms with van der Waals surface area (Å²) in [6.45, 7) is 1.90. The lowest BCUT2D eigenvalue weighted by Gasteiger charge is -2.08. The van der Waals surface area contributed by atoms with E-state index in [1.165, 1.54) is 0 Å². The monoisotopic (exact) mass is 427 g/mol. The van der Waals surface area contributed by atoms with Crippen molar-refractivity contribution in [3.05, 3.63) is 90.8 Å². The molecule has 7 aromatic rings. The molecule has 5 nitrogen and oxygen atoms in total. The van der Waals surface area contributed by atoms with Gasteiger partial charge in [-0.05, 0) is 31.2 Å². The summed E-state index contributed by atoms with van der Waals surface area (Å²) in [6.07, 6.45) is 0. The van der Waals surface area contributed by atoms with Crippen LogP contribution in [0.3, 0.4) is 0 Å². The van der Waals surface area contributed by atoms with E-state index in [9.17, 15) is 0 Å². The van der Waals surface area contributed by atoms with Gasteiger partial charge in [-0.1, -0.05) is 60.7 Å². The number of furan rings is 2. The molecule has 0 atom stereocenters. The van der Waals surface area contributed by atoms with Crippen molar-refractivity contribution in [1.29, 1.82) is 0 Å². The van der Waals surface area contributed by atoms with Crippen molar-refractivity contribution in [3.8, 4) is 22.8 Å². The van der Waals surface area contributed by atoms with Gasteiger partial charge in [0.05, 0.1) is 0 Å². The van der Waals surface area contributed by atoms with E-state index in [2.05, 4.69) is 12.1 Å². The van der Waals surface area contributed by atoms with Crippen molar-refractivity contribution in [1.82, 2.24) is 15.0 Å². The molecule has 0 N–H and O–H groups in total. The number of rotatable bonds is 2. The highest BCUT2D eigenvalue weighted by Crippen LogP contribution is 2.38. The van der Waals surface area contributed by atoms with Crippen molar-refractivity contribution in [2.24, 2.45) is 0 Å². The van der Waals surface area contributed by atoms with Crippen molar-refractivity contribution >= 4 is 43.9 Å². The Labute approximate surface area is 188 Å². The molecule has 4 aromatic carbocycles. The Morgan fingerprint density at radius 2 is 0.939 bits per heavy atom. The maximum Gasteiger partial charge on any atom is 0.164 e. The molecule has 0 aliphatic rings. The minimum absolute atomic E-state index is 0.624. The van der Waals surface area contributed by atoms with E-state index in [1.807, 2.05) is 79.7 Å². The molecule has 0 amide bonds. The summed E-state index contributed by atoms with van der Waals surface area (Å²) >= 11 is 0. The van der Waals surface area contributed by atoms with Crippen LogP contribution >= 0.6 is 0 Å². The van der Waals surface area contributed by atoms with Crippen LogP contribution in [0.2, 0.25) is 0 Å². The summed E-state index contributed by atoms with van der Waals surface area (Å²) in [5.41, 5.74) is 5.18. The number of para-hydroxylation sites is 2. The average Bonchev–Trinajstić information content (AvgIpc) is 3.42. The fourth-order valence-electron chi connectivity index (χ4n) is 4.64. The van der Waals surface area contributed by atoms with Crippen LogP contribution in [0.4, 0.5) is 0 Å². The summed E-state index contributed by atoms with van der Waals surface area (Å²) in [5, 5.41) is 4.12. The number of fused-ring (bicyclic) bond motifs is 6. The van der Waals surface area contributed by atoms with Crippen molar-refractivity contribution in [3.63, 3.8) is 0 Å². The molecule has 0 bridgehead atoms. The van der Waals surface area contributed by atoms with Gasteiger partial charge in [-0.2, -0.15) is 0 Å². The Morgan fingerprint density at radius 3 is 1.45 bits per heavy atom. The lowest BCUT2D eigenvalue weighted by molar-refractivity contribution is 0.668. The molecular weight excluding hydrogens is 410 g/mol. The van der Waals surface area contributed by atoms with Crippen LogP contribution in [-0.4, -0.2) is 15.0 Å². The van der Waals surface area contributed by atoms with Crippen LogP contribution in [0.5, 0.6) is 0 Å². The number of aryl methyl sites for hydroxylation is 1. The summed E-state index contributed by atoms with van der Waals surface area (Å²) in [7, 11) is 0. The lowest BCUT2D eigenvalue weighted by atomic mass is 10.0. The minimum Gasteiger partial charge on any atom is -0.456 e. The molecule has 156 valence electrons. The molecule has 0 aliphatic heterocycles. The zero-order valence-electron chi connectivity index (χ0n) is 17.7. The molecule has 0 unspecified atom stereocenters. The van der Waals surface area contributed by atoms with Crippen LogP contribution in [0.25, 0.3) is 66.7 Å². The Bertz CT molecular complexity index is 1710. The zero-order chi connectivity index (χ0) is 21.9. The average molecular weight is 427 g/mol. The molecular formula is C28H17N3O2. The molecule has 0 saturated carbocycles. The normalized spacial score (nSPS) is 11.8. The van der Waals surface area contributed by atoms with E-state index in [1.54, 1.807) is 0 Å². The highest BCUT2D eigenvalue weighted by molar-refractivity contribution is 6.13. The van der Waals surface area contributed by atoms with Gasteiger partial charge < -0.3 is 8.83 Å². The Hall–Kier alpha value is -4.51. The van der Waals surface area contributed by atoms with Crippen LogP contribution in [0.15, 0.2) is 93.8 Å². The lowest BCUT2D eigenvalue weighted by Crippen LogP contribution is -2.00. The SMILES string of the molecule is Cc1nc(-c2cccc3oc4ccccc4c23)nc(-c2cccc3oc4ccccc4c23)n1. The Balaban J connectivity index is 1.52. The van der Waals surface area contributed by atoms with E-state index in [-0.39, 0.29) is 0 Å². The van der Waals surface area contributed by atoms with Gasteiger partial charge in [0.15, 0.2) is 11.6 Å². The quantitative estimate of drug-likeness (QED) is 0.289. The fraction of sp³-hybridized carbons (Fsp3) is 0.0357. The largest absolute Gasteiger partial charge is 0.456 e. The summed E-state index contributed by atoms with van der Waals surface area (Å²) in [5.74, 6) is 1.91. The van der Waals surface area contributed by atoms with Crippen LogP contribution in [0.1, 0.15) is 5.82 Å². The summed E-state index contributed by atoms with van der Waals surface area (Å²) in [6, 6.07) is 28.1. The molecule has 0 saturated heterocycles. The van der Waals surface area contributed by atoms with Gasteiger partial charge in [0.1, 0.15) is 28.2 Å². The van der Waals surface area contributed by atoms with Gasteiger partial charge in [0, 0.05) is 32.7 Å². The minimum atomic E-state index is 0.624. The van der Waals surface area contributed by atoms with Crippen molar-refractivity contribution < 1.29 is 8.83 Å². The first kappa shape index (κ1) is 18.1. The highest BCUT2D eigenvalue weighted by atomic mass is 16.3. The van der Waals surface area contributed by atoms with E-state index >= 15 is 0 Å². The maximum atomic E-state index is 6.07. The zero-order valence-corrected chi connectivity index (χ0v) is 17.7. The van der Waals surface area contributed by atoms with Crippen molar-refractivity contribution in [2.75, 3.05) is 0 Å². The van der Waals surface area contributed by atoms with Crippen LogP contribution in [-0.2, 0) is 0 Å². The molecule has 7 rings (SSSR count). The number of hydrogen-bond acceptors (Lipinski definition) is 5. The number of hydrogen-bond donors (Lipinski definition) is 0. The van der Waals surface area contributed by atoms with Gasteiger partial charge in [0.25, 0.3) is 0 Å². The van der Waals surface area contributed by atoms with E-state index in [0.29, 0.717) is 17.5 Å². The Kier molecular flexibility index (Phi) is 3.70. The standard InChI is InChI=1S/C28H17N3O2/c1-16-29-27(19-10-6-14-23-25(19)17-8-2-4-12-21(17)32-23)31-28(30-16)20-11-7-15-24-26(20)18-9-3-5-13-22(18)33-24/h2-15H,1H3. The second-order valence-electron chi connectivity index (χ2n) is 8.08. The van der Waals surface area contributed by atoms with Gasteiger partial charge in [-0.15, -0.1) is 0 Å². The predicted octanol–water partition coefficient (Wildman–Crippen LogP) is 7.31. The third-order valence-corrected chi connectivity index (χ3v) is 6.03. The first-order valence-electron chi connectivity index (χ1n) is 10.8. The van der Waals surface area contributed by atoms with Gasteiger partial charge >= 0.3 is 0 Å². The van der Waals surface area contributed by atoms with Gasteiger partial charge in [-0.25, -0.2) is 15.0 Å². The Morgan fingerprint density at radius 1 is 0.485 bits per heavy atom. The molecule has 0 fully saturated rings. The third-order valence-electron chi connectivity index (χ3n) is 6.03. The van der Waals surface area contributed by atoms with Gasteiger partial charge in [0.2, 0.25) is 0 Å². The molecule has 0 spiro atoms. The predicted molar refractivity (Wildman–Crippen MR) is 130 cm³/mol. The molecule has 33 heavy (non-hydrogen) atoms. The third kappa shape index (κ3) is 2.69.